The summed E-state index contributed by atoms with van der Waals surface area (Å²) in [4.78, 5) is 68.6. The summed E-state index contributed by atoms with van der Waals surface area (Å²) in [6.45, 7) is 11.2. The molecule has 0 spiro atoms. The van der Waals surface area contributed by atoms with Gasteiger partial charge in [0.25, 0.3) is 21.8 Å². The quantitative estimate of drug-likeness (QED) is 0.106. The zero-order chi connectivity index (χ0) is 56.4. The molecule has 0 aliphatic carbocycles. The van der Waals surface area contributed by atoms with Crippen molar-refractivity contribution in [3.05, 3.63) is 169 Å². The zero-order valence-electron chi connectivity index (χ0n) is 44.6. The molecule has 5 aromatic carbocycles. The topological polar surface area (TPSA) is 189 Å². The maximum atomic E-state index is 14.3. The number of piperazine rings is 2. The van der Waals surface area contributed by atoms with Gasteiger partial charge in [-0.2, -0.15) is 0 Å². The van der Waals surface area contributed by atoms with Gasteiger partial charge in [-0.1, -0.05) is 65.1 Å². The van der Waals surface area contributed by atoms with E-state index in [1.165, 1.54) is 19.2 Å². The van der Waals surface area contributed by atoms with Crippen LogP contribution in [-0.4, -0.2) is 136 Å². The largest absolute Gasteiger partial charge is 0.497 e. The second kappa shape index (κ2) is 23.5. The van der Waals surface area contributed by atoms with Crippen molar-refractivity contribution >= 4 is 97.4 Å². The number of anilines is 2. The minimum Gasteiger partial charge on any atom is -0.497 e. The van der Waals surface area contributed by atoms with Gasteiger partial charge in [0.05, 0.1) is 46.5 Å². The number of ether oxygens (including phenoxy) is 2. The zero-order valence-corrected chi connectivity index (χ0v) is 47.7. The van der Waals surface area contributed by atoms with Crippen LogP contribution in [0.2, 0.25) is 15.1 Å². The number of aromatic nitrogens is 1. The molecular weight excluding hydrogens is 1090 g/mol. The van der Waals surface area contributed by atoms with Crippen molar-refractivity contribution in [3.8, 4) is 11.5 Å². The number of methoxy groups -OCH3 is 1. The lowest BCUT2D eigenvalue weighted by Crippen LogP contribution is -2.55. The minimum atomic E-state index is -3.94. The molecule has 5 heterocycles. The number of H-pyrrole nitrogens is 1. The Bertz CT molecular complexity index is 3510. The Morgan fingerprint density at radius 2 is 1.49 bits per heavy atom. The highest BCUT2D eigenvalue weighted by Gasteiger charge is 2.45. The predicted molar refractivity (Wildman–Crippen MR) is 309 cm³/mol. The number of halogens is 3. The Morgan fingerprint density at radius 1 is 0.810 bits per heavy atom. The van der Waals surface area contributed by atoms with Gasteiger partial charge < -0.3 is 39.8 Å². The molecule has 6 aromatic rings. The first-order valence-corrected chi connectivity index (χ1v) is 28.2. The highest BCUT2D eigenvalue weighted by Crippen LogP contribution is 2.46. The first-order chi connectivity index (χ1) is 37.7. The fourth-order valence-corrected chi connectivity index (χ4v) is 11.6. The molecule has 21 heteroatoms. The highest BCUT2D eigenvalue weighted by atomic mass is 35.5. The number of aryl methyl sites for hydroxylation is 1. The van der Waals surface area contributed by atoms with E-state index >= 15 is 0 Å². The first-order valence-electron chi connectivity index (χ1n) is 25.6. The van der Waals surface area contributed by atoms with Crippen LogP contribution in [0.25, 0.3) is 11.6 Å². The van der Waals surface area contributed by atoms with Crippen molar-refractivity contribution < 1.29 is 37.1 Å². The van der Waals surface area contributed by atoms with Crippen molar-refractivity contribution in [2.75, 3.05) is 76.6 Å². The molecule has 4 aliphatic rings. The van der Waals surface area contributed by atoms with Crippen LogP contribution in [0.4, 0.5) is 16.2 Å². The smallest absolute Gasteiger partial charge is 0.326 e. The van der Waals surface area contributed by atoms with E-state index in [-0.39, 0.29) is 41.3 Å². The second-order valence-electron chi connectivity index (χ2n) is 19.8. The number of fused-ring (bicyclic) bond motifs is 1. The summed E-state index contributed by atoms with van der Waals surface area (Å²) in [5.41, 5.74) is 6.79. The Morgan fingerprint density at radius 3 is 2.14 bits per heavy atom. The number of urea groups is 1. The van der Waals surface area contributed by atoms with Gasteiger partial charge in [-0.15, -0.1) is 0 Å². The third-order valence-corrected chi connectivity index (χ3v) is 16.7. The normalized spacial score (nSPS) is 17.9. The maximum Gasteiger partial charge on any atom is 0.326 e. The standard InChI is InChI=1S/C30H30Cl2N4O4.C28H30ClN5O4S/c1-18(2)40-25-16-23(39-3)12-13-24(25)29-34-27(19-4-8-21(31)9-5-19)28(20-6-10-22(32)11-7-20)36(29)30(38)35-15-14-33-26(37)17-35;1-17-25(30-18(2)26(17)28(36)34-12-10-32(3)11-13-34)16-23-22-15-21(8-9-24(22)31-27(23)35)39(37,38)33(4)20-7-5-6-19(29)14-20/h4-13,16,18,27-28H,14-15,17H2,1-3H3,(H,33,37);5-9,14-16,30H,10-13H2,1-4H3,(H,31,35)/b;23-16-/t27-,28+;/m0./s1. The van der Waals surface area contributed by atoms with Crippen LogP contribution in [0.3, 0.4) is 0 Å². The number of nitrogens with one attached hydrogen (secondary N) is 3. The molecule has 0 bridgehead atoms. The average molecular weight is 1150 g/mol. The lowest BCUT2D eigenvalue weighted by Gasteiger charge is -2.36. The van der Waals surface area contributed by atoms with Crippen molar-refractivity contribution in [2.45, 2.75) is 50.8 Å². The van der Waals surface area contributed by atoms with Crippen LogP contribution in [0.1, 0.15) is 75.5 Å². The number of hydrogen-bond acceptors (Lipinski definition) is 10. The summed E-state index contributed by atoms with van der Waals surface area (Å²) in [6, 6.07) is 30.1. The number of likely N-dealkylation sites (N-methyl/N-ethyl adjacent to an activating group) is 1. The van der Waals surface area contributed by atoms with Crippen molar-refractivity contribution in [3.63, 3.8) is 0 Å². The van der Waals surface area contributed by atoms with Gasteiger partial charge in [0.15, 0.2) is 0 Å². The summed E-state index contributed by atoms with van der Waals surface area (Å²) in [5, 5.41) is 7.20. The molecule has 17 nitrogen and oxygen atoms in total. The summed E-state index contributed by atoms with van der Waals surface area (Å²) < 4.78 is 39.7. The molecule has 0 radical (unpaired) electrons. The van der Waals surface area contributed by atoms with E-state index in [1.807, 2.05) is 88.2 Å². The lowest BCUT2D eigenvalue weighted by molar-refractivity contribution is -0.123. The van der Waals surface area contributed by atoms with E-state index < -0.39 is 22.1 Å². The first kappa shape index (κ1) is 56.4. The van der Waals surface area contributed by atoms with E-state index in [1.54, 1.807) is 71.5 Å². The molecule has 2 fully saturated rings. The Labute approximate surface area is 474 Å². The molecule has 0 saturated carbocycles. The minimum absolute atomic E-state index is 0.0345. The van der Waals surface area contributed by atoms with E-state index in [0.29, 0.717) is 97.9 Å². The number of rotatable bonds is 11. The number of aliphatic imine (C=N–C) groups is 1. The summed E-state index contributed by atoms with van der Waals surface area (Å²) >= 11 is 18.5. The van der Waals surface area contributed by atoms with Crippen molar-refractivity contribution in [1.82, 2.24) is 29.9 Å². The van der Waals surface area contributed by atoms with Gasteiger partial charge in [0, 0.05) is 90.1 Å². The fourth-order valence-electron chi connectivity index (χ4n) is 9.97. The highest BCUT2D eigenvalue weighted by molar-refractivity contribution is 7.92. The molecule has 10 rings (SSSR count). The van der Waals surface area contributed by atoms with Crippen LogP contribution >= 0.6 is 34.8 Å². The predicted octanol–water partition coefficient (Wildman–Crippen LogP) is 9.88. The summed E-state index contributed by atoms with van der Waals surface area (Å²) in [7, 11) is 1.15. The molecule has 2 saturated heterocycles. The Hall–Kier alpha value is -7.35. The van der Waals surface area contributed by atoms with E-state index in [4.69, 9.17) is 49.3 Å². The van der Waals surface area contributed by atoms with Crippen LogP contribution < -0.4 is 24.4 Å². The molecule has 1 aromatic heterocycles. The third kappa shape index (κ3) is 12.0. The van der Waals surface area contributed by atoms with Gasteiger partial charge >= 0.3 is 6.03 Å². The van der Waals surface area contributed by atoms with Crippen LogP contribution in [-0.2, 0) is 19.6 Å². The van der Waals surface area contributed by atoms with Crippen LogP contribution in [0, 0.1) is 13.8 Å². The molecule has 412 valence electrons. The molecule has 79 heavy (non-hydrogen) atoms. The Kier molecular flexibility index (Phi) is 16.8. The number of nitrogens with zero attached hydrogens (tertiary/aromatic N) is 6. The molecule has 0 unspecified atom stereocenters. The van der Waals surface area contributed by atoms with Crippen molar-refractivity contribution in [1.29, 1.82) is 0 Å². The molecule has 4 aliphatic heterocycles. The molecular formula is C58H60Cl3N9O8S. The number of amidine groups is 1. The summed E-state index contributed by atoms with van der Waals surface area (Å²) in [5.74, 6) is 1.01. The van der Waals surface area contributed by atoms with Gasteiger partial charge in [-0.3, -0.25) is 28.6 Å². The third-order valence-electron chi connectivity index (χ3n) is 14.2. The van der Waals surface area contributed by atoms with Crippen LogP contribution in [0.15, 0.2) is 119 Å². The van der Waals surface area contributed by atoms with Crippen LogP contribution in [0.5, 0.6) is 11.5 Å². The number of amides is 5. The van der Waals surface area contributed by atoms with E-state index in [0.717, 1.165) is 39.8 Å². The number of carbonyl (C=O) groups excluding carboxylic acids is 4. The van der Waals surface area contributed by atoms with Gasteiger partial charge in [0.2, 0.25) is 5.91 Å². The molecule has 2 atom stereocenters. The van der Waals surface area contributed by atoms with Gasteiger partial charge in [0.1, 0.15) is 29.9 Å². The van der Waals surface area contributed by atoms with Crippen molar-refractivity contribution in [2.24, 2.45) is 4.99 Å². The van der Waals surface area contributed by atoms with Gasteiger partial charge in [-0.25, -0.2) is 13.2 Å². The summed E-state index contributed by atoms with van der Waals surface area (Å²) in [6.07, 6.45) is 1.54. The lowest BCUT2D eigenvalue weighted by atomic mass is 9.93. The number of hydrogen-bond donors (Lipinski definition) is 3. The fraction of sp³-hybridized carbons (Fsp3) is 0.293. The second-order valence-corrected chi connectivity index (χ2v) is 23.1. The number of carbonyl (C=O) groups is 4. The SMILES string of the molecule is COc1ccc(C2=N[C@@H](c3ccc(Cl)cc3)[C@@H](c3ccc(Cl)cc3)N2C(=O)N2CCNC(=O)C2)c(OC(C)C)c1.Cc1[nH]c(/C=C2\C(=O)Nc3ccc(S(=O)(=O)N(C)c4cccc(Cl)c4)cc32)c(C)c1C(=O)N1CCN(C)CC1. The molecule has 3 N–H and O–H groups in total. The monoisotopic (exact) mass is 1150 g/mol. The number of aromatic amines is 1. The maximum absolute atomic E-state index is 14.3. The average Bonchev–Trinajstić information content (AvgIpc) is 4.21. The van der Waals surface area contributed by atoms with E-state index in [9.17, 15) is 27.6 Å². The number of sulfonamides is 1. The van der Waals surface area contributed by atoms with Gasteiger partial charge in [-0.05, 0) is 130 Å². The van der Waals surface area contributed by atoms with E-state index in [2.05, 4.69) is 20.5 Å². The number of benzene rings is 5. The molecule has 5 amide bonds. The Balaban J connectivity index is 0.000000192.